The smallest absolute Gasteiger partial charge is 0.0471 e. The molecule has 1 fully saturated rings. The summed E-state index contributed by atoms with van der Waals surface area (Å²) in [5.74, 6) is 0. The largest absolute Gasteiger partial charge is 0.381 e. The van der Waals surface area contributed by atoms with E-state index in [1.54, 1.807) is 0 Å². The molecule has 0 saturated carbocycles. The number of hydrogen-bond acceptors (Lipinski definition) is 2. The van der Waals surface area contributed by atoms with Gasteiger partial charge in [-0.15, -0.1) is 0 Å². The van der Waals surface area contributed by atoms with E-state index in [2.05, 4.69) is 19.2 Å². The van der Waals surface area contributed by atoms with Crippen molar-refractivity contribution in [3.8, 4) is 0 Å². The quantitative estimate of drug-likeness (QED) is 0.556. The minimum atomic E-state index is 0.540. The molecular formula is C17H35NO. The first-order valence-electron chi connectivity index (χ1n) is 8.61. The zero-order chi connectivity index (χ0) is 13.8. The zero-order valence-corrected chi connectivity index (χ0v) is 13.3. The Labute approximate surface area is 120 Å². The molecule has 1 aliphatic rings. The summed E-state index contributed by atoms with van der Waals surface area (Å²) >= 11 is 0. The van der Waals surface area contributed by atoms with Crippen molar-refractivity contribution < 1.29 is 4.74 Å². The second kappa shape index (κ2) is 10.7. The predicted molar refractivity (Wildman–Crippen MR) is 83.6 cm³/mol. The SMILES string of the molecule is CCCCCCCCC1(CNCCC)CCOCC1. The second-order valence-corrected chi connectivity index (χ2v) is 6.31. The van der Waals surface area contributed by atoms with Gasteiger partial charge in [0, 0.05) is 19.8 Å². The summed E-state index contributed by atoms with van der Waals surface area (Å²) in [7, 11) is 0. The van der Waals surface area contributed by atoms with E-state index in [9.17, 15) is 0 Å². The van der Waals surface area contributed by atoms with Gasteiger partial charge in [0.05, 0.1) is 0 Å². The van der Waals surface area contributed by atoms with Gasteiger partial charge < -0.3 is 10.1 Å². The average molecular weight is 269 g/mol. The maximum Gasteiger partial charge on any atom is 0.0471 e. The van der Waals surface area contributed by atoms with Crippen LogP contribution in [0.1, 0.15) is 78.1 Å². The van der Waals surface area contributed by atoms with Crippen molar-refractivity contribution in [1.82, 2.24) is 5.32 Å². The molecule has 2 nitrogen and oxygen atoms in total. The van der Waals surface area contributed by atoms with Gasteiger partial charge in [-0.2, -0.15) is 0 Å². The van der Waals surface area contributed by atoms with Crippen LogP contribution in [-0.2, 0) is 4.74 Å². The maximum atomic E-state index is 5.56. The van der Waals surface area contributed by atoms with Gasteiger partial charge in [-0.1, -0.05) is 52.4 Å². The lowest BCUT2D eigenvalue weighted by Crippen LogP contribution is -2.39. The monoisotopic (exact) mass is 269 g/mol. The van der Waals surface area contributed by atoms with Crippen LogP contribution in [0.25, 0.3) is 0 Å². The van der Waals surface area contributed by atoms with Crippen LogP contribution in [0.3, 0.4) is 0 Å². The Kier molecular flexibility index (Phi) is 9.54. The van der Waals surface area contributed by atoms with Crippen molar-refractivity contribution >= 4 is 0 Å². The molecular weight excluding hydrogens is 234 g/mol. The first-order chi connectivity index (χ1) is 9.33. The molecule has 0 atom stereocenters. The predicted octanol–water partition coefficient (Wildman–Crippen LogP) is 4.53. The average Bonchev–Trinajstić information content (AvgIpc) is 2.44. The van der Waals surface area contributed by atoms with Crippen LogP contribution in [-0.4, -0.2) is 26.3 Å². The third-order valence-corrected chi connectivity index (χ3v) is 4.54. The topological polar surface area (TPSA) is 21.3 Å². The number of ether oxygens (including phenoxy) is 1. The number of hydrogen-bond donors (Lipinski definition) is 1. The fourth-order valence-electron chi connectivity index (χ4n) is 3.13. The van der Waals surface area contributed by atoms with Crippen molar-refractivity contribution in [3.63, 3.8) is 0 Å². The van der Waals surface area contributed by atoms with Gasteiger partial charge in [0.15, 0.2) is 0 Å². The van der Waals surface area contributed by atoms with Crippen LogP contribution in [0.5, 0.6) is 0 Å². The van der Waals surface area contributed by atoms with Gasteiger partial charge in [-0.25, -0.2) is 0 Å². The lowest BCUT2D eigenvalue weighted by Gasteiger charge is -2.37. The lowest BCUT2D eigenvalue weighted by atomic mass is 9.75. The Bertz CT molecular complexity index is 199. The van der Waals surface area contributed by atoms with E-state index >= 15 is 0 Å². The van der Waals surface area contributed by atoms with Gasteiger partial charge in [0.2, 0.25) is 0 Å². The van der Waals surface area contributed by atoms with Crippen LogP contribution >= 0.6 is 0 Å². The molecule has 1 heterocycles. The van der Waals surface area contributed by atoms with E-state index < -0.39 is 0 Å². The van der Waals surface area contributed by atoms with Crippen molar-refractivity contribution in [1.29, 1.82) is 0 Å². The van der Waals surface area contributed by atoms with E-state index in [4.69, 9.17) is 4.74 Å². The molecule has 0 aromatic carbocycles. The fourth-order valence-corrected chi connectivity index (χ4v) is 3.13. The number of nitrogens with one attached hydrogen (secondary N) is 1. The molecule has 19 heavy (non-hydrogen) atoms. The van der Waals surface area contributed by atoms with E-state index in [1.807, 2.05) is 0 Å². The summed E-state index contributed by atoms with van der Waals surface area (Å²) in [5.41, 5.74) is 0.540. The van der Waals surface area contributed by atoms with Crippen molar-refractivity contribution in [2.45, 2.75) is 78.1 Å². The van der Waals surface area contributed by atoms with Gasteiger partial charge in [0.25, 0.3) is 0 Å². The Balaban J connectivity index is 2.20. The standard InChI is InChI=1S/C17H35NO/c1-3-5-6-7-8-9-10-17(16-18-13-4-2)11-14-19-15-12-17/h18H,3-16H2,1-2H3. The molecule has 114 valence electrons. The van der Waals surface area contributed by atoms with Crippen LogP contribution < -0.4 is 5.32 Å². The molecule has 1 saturated heterocycles. The molecule has 2 heteroatoms. The first-order valence-corrected chi connectivity index (χ1v) is 8.61. The summed E-state index contributed by atoms with van der Waals surface area (Å²) in [6.07, 6.45) is 13.6. The van der Waals surface area contributed by atoms with Crippen molar-refractivity contribution in [2.75, 3.05) is 26.3 Å². The van der Waals surface area contributed by atoms with Crippen molar-refractivity contribution in [3.05, 3.63) is 0 Å². The minimum Gasteiger partial charge on any atom is -0.381 e. The first kappa shape index (κ1) is 17.0. The number of rotatable bonds is 11. The molecule has 0 amide bonds. The lowest BCUT2D eigenvalue weighted by molar-refractivity contribution is 0.00922. The summed E-state index contributed by atoms with van der Waals surface area (Å²) in [5, 5.41) is 3.65. The van der Waals surface area contributed by atoms with Gasteiger partial charge in [0.1, 0.15) is 0 Å². The van der Waals surface area contributed by atoms with E-state index in [-0.39, 0.29) is 0 Å². The highest BCUT2D eigenvalue weighted by Gasteiger charge is 2.31. The maximum absolute atomic E-state index is 5.56. The molecule has 0 radical (unpaired) electrons. The Morgan fingerprint density at radius 3 is 2.26 bits per heavy atom. The Morgan fingerprint density at radius 1 is 0.895 bits per heavy atom. The molecule has 1 rings (SSSR count). The summed E-state index contributed by atoms with van der Waals surface area (Å²) < 4.78 is 5.56. The van der Waals surface area contributed by atoms with Crippen molar-refractivity contribution in [2.24, 2.45) is 5.41 Å². The van der Waals surface area contributed by atoms with E-state index in [0.29, 0.717) is 5.41 Å². The molecule has 0 bridgehead atoms. The van der Waals surface area contributed by atoms with Crippen LogP contribution in [0, 0.1) is 5.41 Å². The molecule has 0 aromatic rings. The Hall–Kier alpha value is -0.0800. The van der Waals surface area contributed by atoms with Crippen LogP contribution in [0.4, 0.5) is 0 Å². The fraction of sp³-hybridized carbons (Fsp3) is 1.00. The molecule has 1 aliphatic heterocycles. The molecule has 0 aromatic heterocycles. The van der Waals surface area contributed by atoms with Gasteiger partial charge in [-0.3, -0.25) is 0 Å². The third kappa shape index (κ3) is 7.31. The van der Waals surface area contributed by atoms with E-state index in [0.717, 1.165) is 13.2 Å². The molecule has 1 N–H and O–H groups in total. The van der Waals surface area contributed by atoms with Gasteiger partial charge >= 0.3 is 0 Å². The highest BCUT2D eigenvalue weighted by molar-refractivity contribution is 4.84. The van der Waals surface area contributed by atoms with Gasteiger partial charge in [-0.05, 0) is 37.6 Å². The normalized spacial score (nSPS) is 18.6. The zero-order valence-electron chi connectivity index (χ0n) is 13.3. The molecule has 0 aliphatic carbocycles. The Morgan fingerprint density at radius 2 is 1.58 bits per heavy atom. The molecule has 0 unspecified atom stereocenters. The summed E-state index contributed by atoms with van der Waals surface area (Å²) in [6, 6.07) is 0. The number of unbranched alkanes of at least 4 members (excludes halogenated alkanes) is 5. The summed E-state index contributed by atoms with van der Waals surface area (Å²) in [6.45, 7) is 8.86. The molecule has 0 spiro atoms. The van der Waals surface area contributed by atoms with Crippen LogP contribution in [0.15, 0.2) is 0 Å². The van der Waals surface area contributed by atoms with E-state index in [1.165, 1.54) is 77.3 Å². The van der Waals surface area contributed by atoms with Crippen LogP contribution in [0.2, 0.25) is 0 Å². The minimum absolute atomic E-state index is 0.540. The highest BCUT2D eigenvalue weighted by atomic mass is 16.5. The third-order valence-electron chi connectivity index (χ3n) is 4.54. The highest BCUT2D eigenvalue weighted by Crippen LogP contribution is 2.35. The second-order valence-electron chi connectivity index (χ2n) is 6.31. The summed E-state index contributed by atoms with van der Waals surface area (Å²) in [4.78, 5) is 0.